The molecule has 20 nitrogen and oxygen atoms in total. The summed E-state index contributed by atoms with van der Waals surface area (Å²) in [6.45, 7) is 18.0. The fourth-order valence-electron chi connectivity index (χ4n) is 9.67. The van der Waals surface area contributed by atoms with E-state index in [1.54, 1.807) is 48.5 Å². The van der Waals surface area contributed by atoms with Crippen molar-refractivity contribution < 1.29 is 76.5 Å². The van der Waals surface area contributed by atoms with Gasteiger partial charge in [0, 0.05) is 49.1 Å². The third-order valence-electron chi connectivity index (χ3n) is 13.9. The number of aryl methyl sites for hydroxylation is 1. The molecule has 0 radical (unpaired) electrons. The van der Waals surface area contributed by atoms with Crippen molar-refractivity contribution in [3.05, 3.63) is 36.1 Å². The molecule has 18 atom stereocenters. The molecule has 3 saturated heterocycles. The standard InChI is InChI=1S/C37H67NO13.C10H11N3O3S/c1-14-25-37(10,45)30(41)20(4)27(39)18(2)16-35(8,44)32(51-34-28(40)24(38(11)12)15-19(3)47-34)21(5)29(22(6)33(43)49-25)50-26-17-36(9,46-13)31(42)23(7)48-26;1-7-6-10(12-16-7)13-17(14,15)9-4-2-8(11)3-5-9/h18-26,28-32,34,40-42,44-45H,14-17H2,1-13H3;2-6H,11H2,1H3,(H,12,13)/t18-,19-,20+,21+,22-,23+,24+,25-,26+,28-,29+,30-,31+,32-,34+,35-,36-,37-;/m1./s1. The number of ketones is 1. The van der Waals surface area contributed by atoms with Gasteiger partial charge in [0.2, 0.25) is 0 Å². The van der Waals surface area contributed by atoms with Crippen molar-refractivity contribution >= 4 is 33.3 Å². The Hall–Kier alpha value is -3.32. The Kier molecular flexibility index (Phi) is 19.2. The van der Waals surface area contributed by atoms with Crippen molar-refractivity contribution in [3.63, 3.8) is 0 Å². The fraction of sp³-hybridized carbons (Fsp3) is 0.766. The van der Waals surface area contributed by atoms with Gasteiger partial charge >= 0.3 is 5.97 Å². The number of rotatable bonds is 10. The Bertz CT molecular complexity index is 2070. The monoisotopic (exact) mass is 987 g/mol. The molecule has 0 aliphatic carbocycles. The summed E-state index contributed by atoms with van der Waals surface area (Å²) in [6, 6.07) is 7.05. The molecule has 1 aromatic heterocycles. The maximum absolute atomic E-state index is 14.1. The van der Waals surface area contributed by atoms with Gasteiger partial charge in [-0.3, -0.25) is 14.3 Å². The number of nitrogens with one attached hydrogen (secondary N) is 1. The van der Waals surface area contributed by atoms with Gasteiger partial charge in [0.25, 0.3) is 10.0 Å². The van der Waals surface area contributed by atoms with E-state index in [4.69, 9.17) is 38.7 Å². The SMILES string of the molecule is CC[C@H]1OC(=O)[C@H](C)[C@@H](O[C@H]2C[C@@](C)(OC)[C@@H](O)[C@H](C)O2)[C@H](C)[C@@H](O[C@@H]2O[C@H](C)C[C@H](N(C)C)[C@H]2O)[C@](C)(O)C[C@@H](C)C(=O)[C@H](C)[C@@H](O)[C@]1(C)O.Cc1cc(NS(=O)(=O)c2ccc(N)cc2)no1. The molecule has 1 aromatic carbocycles. The number of benzene rings is 1. The van der Waals surface area contributed by atoms with E-state index in [9.17, 15) is 43.5 Å². The van der Waals surface area contributed by atoms with Crippen LogP contribution < -0.4 is 10.5 Å². The van der Waals surface area contributed by atoms with Crippen molar-refractivity contribution in [2.24, 2.45) is 23.7 Å². The van der Waals surface area contributed by atoms with E-state index >= 15 is 0 Å². The van der Waals surface area contributed by atoms with Crippen LogP contribution in [0.25, 0.3) is 0 Å². The van der Waals surface area contributed by atoms with Crippen LogP contribution in [-0.4, -0.2) is 161 Å². The number of carbonyl (C=O) groups is 2. The molecule has 5 rings (SSSR count). The van der Waals surface area contributed by atoms with E-state index in [1.165, 1.54) is 58.2 Å². The first kappa shape index (κ1) is 57.3. The number of nitrogens with zero attached hydrogens (tertiary/aromatic N) is 2. The quantitative estimate of drug-likeness (QED) is 0.133. The number of Topliss-reactive ketones (excluding diaryl/α,β-unsaturated/α-hetero) is 1. The smallest absolute Gasteiger partial charge is 0.311 e. The lowest BCUT2D eigenvalue weighted by Crippen LogP contribution is -2.61. The van der Waals surface area contributed by atoms with Crippen LogP contribution in [0.2, 0.25) is 0 Å². The first-order valence-corrected chi connectivity index (χ1v) is 24.8. The molecule has 3 fully saturated rings. The number of aliphatic hydroxyl groups is 5. The van der Waals surface area contributed by atoms with E-state index in [-0.39, 0.29) is 42.1 Å². The number of aromatic nitrogens is 1. The normalized spacial score (nSPS) is 40.1. The first-order chi connectivity index (χ1) is 31.4. The van der Waals surface area contributed by atoms with Gasteiger partial charge in [0.05, 0.1) is 52.5 Å². The number of methoxy groups -OCH3 is 1. The van der Waals surface area contributed by atoms with Crippen molar-refractivity contribution in [2.45, 2.75) is 191 Å². The summed E-state index contributed by atoms with van der Waals surface area (Å²) in [6.07, 6.45) is -9.71. The van der Waals surface area contributed by atoms with E-state index in [2.05, 4.69) is 9.88 Å². The number of hydrogen-bond acceptors (Lipinski definition) is 19. The lowest BCUT2D eigenvalue weighted by atomic mass is 9.74. The van der Waals surface area contributed by atoms with Crippen molar-refractivity contribution in [2.75, 3.05) is 31.7 Å². The predicted octanol–water partition coefficient (Wildman–Crippen LogP) is 3.15. The predicted molar refractivity (Wildman–Crippen MR) is 249 cm³/mol. The van der Waals surface area contributed by atoms with Gasteiger partial charge in [0.15, 0.2) is 18.4 Å². The van der Waals surface area contributed by atoms with Crippen LogP contribution in [0.15, 0.2) is 39.8 Å². The second-order valence-electron chi connectivity index (χ2n) is 20.0. The Labute approximate surface area is 401 Å². The minimum atomic E-state index is -3.64. The zero-order valence-corrected chi connectivity index (χ0v) is 42.8. The molecular weight excluding hydrogens is 909 g/mol. The Morgan fingerprint density at radius 2 is 1.54 bits per heavy atom. The molecule has 0 bridgehead atoms. The summed E-state index contributed by atoms with van der Waals surface area (Å²) in [5, 5.41) is 61.2. The van der Waals surface area contributed by atoms with Crippen LogP contribution in [-0.2, 0) is 48.0 Å². The summed E-state index contributed by atoms with van der Waals surface area (Å²) in [4.78, 5) is 29.9. The number of nitrogens with two attached hydrogens (primary N) is 1. The molecule has 388 valence electrons. The Morgan fingerprint density at radius 3 is 2.09 bits per heavy atom. The van der Waals surface area contributed by atoms with Crippen LogP contribution >= 0.6 is 0 Å². The number of esters is 1. The average molecular weight is 987 g/mol. The van der Waals surface area contributed by atoms with Crippen molar-refractivity contribution in [1.82, 2.24) is 10.1 Å². The van der Waals surface area contributed by atoms with Crippen molar-refractivity contribution in [1.29, 1.82) is 0 Å². The highest BCUT2D eigenvalue weighted by Crippen LogP contribution is 2.41. The number of ether oxygens (including phenoxy) is 6. The Balaban J connectivity index is 0.000000493. The van der Waals surface area contributed by atoms with E-state index < -0.39 is 118 Å². The fourth-order valence-corrected chi connectivity index (χ4v) is 10.7. The largest absolute Gasteiger partial charge is 0.459 e. The van der Waals surface area contributed by atoms with Crippen LogP contribution in [0.1, 0.15) is 101 Å². The van der Waals surface area contributed by atoms with Gasteiger partial charge in [-0.2, -0.15) is 0 Å². The highest BCUT2D eigenvalue weighted by Gasteiger charge is 2.53. The summed E-state index contributed by atoms with van der Waals surface area (Å²) in [5.74, 6) is -4.30. The van der Waals surface area contributed by atoms with Gasteiger partial charge in [-0.25, -0.2) is 8.42 Å². The maximum atomic E-state index is 14.1. The second-order valence-corrected chi connectivity index (χ2v) is 21.7. The molecule has 21 heteroatoms. The third kappa shape index (κ3) is 13.3. The van der Waals surface area contributed by atoms with Gasteiger partial charge in [-0.05, 0) is 106 Å². The minimum Gasteiger partial charge on any atom is -0.459 e. The molecule has 68 heavy (non-hydrogen) atoms. The molecule has 3 aliphatic heterocycles. The second kappa shape index (κ2) is 22.8. The lowest BCUT2D eigenvalue weighted by molar-refractivity contribution is -0.318. The summed E-state index contributed by atoms with van der Waals surface area (Å²) in [7, 11) is 1.53. The maximum Gasteiger partial charge on any atom is 0.311 e. The molecule has 0 unspecified atom stereocenters. The summed E-state index contributed by atoms with van der Waals surface area (Å²) < 4.78 is 67.9. The zero-order valence-electron chi connectivity index (χ0n) is 42.0. The highest BCUT2D eigenvalue weighted by molar-refractivity contribution is 7.92. The number of likely N-dealkylation sites (N-methyl/N-ethyl adjacent to an activating group) is 1. The number of carbonyl (C=O) groups excluding carboxylic acids is 2. The number of sulfonamides is 1. The highest BCUT2D eigenvalue weighted by atomic mass is 32.2. The molecule has 4 heterocycles. The van der Waals surface area contributed by atoms with E-state index in [1.807, 2.05) is 25.9 Å². The average Bonchev–Trinajstić information content (AvgIpc) is 3.67. The number of hydrogen-bond donors (Lipinski definition) is 7. The zero-order chi connectivity index (χ0) is 51.4. The van der Waals surface area contributed by atoms with Gasteiger partial charge in [-0.15, -0.1) is 0 Å². The number of nitrogen functional groups attached to an aromatic ring is 1. The van der Waals surface area contributed by atoms with Gasteiger partial charge in [-0.1, -0.05) is 32.9 Å². The van der Waals surface area contributed by atoms with Crippen molar-refractivity contribution in [3.8, 4) is 0 Å². The molecule has 0 spiro atoms. The molecule has 2 aromatic rings. The van der Waals surface area contributed by atoms with Gasteiger partial charge < -0.3 is 69.1 Å². The first-order valence-electron chi connectivity index (χ1n) is 23.3. The molecule has 0 amide bonds. The van der Waals surface area contributed by atoms with E-state index in [0.717, 1.165) is 0 Å². The molecule has 3 aliphatic rings. The number of anilines is 2. The van der Waals surface area contributed by atoms with Gasteiger partial charge in [0.1, 0.15) is 35.5 Å². The summed E-state index contributed by atoms with van der Waals surface area (Å²) in [5.41, 5.74) is 1.15. The van der Waals surface area contributed by atoms with Crippen LogP contribution in [0.4, 0.5) is 11.5 Å². The molecule has 8 N–H and O–H groups in total. The minimum absolute atomic E-state index is 0.0936. The number of cyclic esters (lactones) is 1. The molecule has 0 saturated carbocycles. The van der Waals surface area contributed by atoms with Crippen LogP contribution in [0.5, 0.6) is 0 Å². The molecular formula is C47H78N4O16S. The topological polar surface area (TPSA) is 292 Å². The third-order valence-corrected chi connectivity index (χ3v) is 15.2. The Morgan fingerprint density at radius 1 is 0.926 bits per heavy atom. The lowest BCUT2D eigenvalue weighted by Gasteiger charge is -2.49. The van der Waals surface area contributed by atoms with Crippen LogP contribution in [0.3, 0.4) is 0 Å². The van der Waals surface area contributed by atoms with Crippen LogP contribution in [0, 0.1) is 30.6 Å². The summed E-state index contributed by atoms with van der Waals surface area (Å²) >= 11 is 0. The number of aliphatic hydroxyl groups excluding tert-OH is 3. The van der Waals surface area contributed by atoms with E-state index in [0.29, 0.717) is 17.9 Å².